The van der Waals surface area contributed by atoms with Gasteiger partial charge in [0.1, 0.15) is 0 Å². The van der Waals surface area contributed by atoms with Crippen LogP contribution in [0.2, 0.25) is 0 Å². The van der Waals surface area contributed by atoms with Gasteiger partial charge in [-0.1, -0.05) is 6.92 Å². The van der Waals surface area contributed by atoms with E-state index < -0.39 is 0 Å². The molecule has 1 aliphatic rings. The van der Waals surface area contributed by atoms with Crippen molar-refractivity contribution in [2.24, 2.45) is 0 Å². The van der Waals surface area contributed by atoms with Gasteiger partial charge in [0.25, 0.3) is 0 Å². The zero-order valence-electron chi connectivity index (χ0n) is 4.47. The maximum absolute atomic E-state index is 9.04. The third kappa shape index (κ3) is 1.27. The van der Waals surface area contributed by atoms with Gasteiger partial charge in [-0.05, 0) is 22.0 Å². The van der Waals surface area contributed by atoms with Crippen LogP contribution in [0.25, 0.3) is 0 Å². The molecule has 0 radical (unpaired) electrons. The molecule has 0 spiro atoms. The molecule has 0 saturated carbocycles. The Balaban J connectivity index is 2.56. The van der Waals surface area contributed by atoms with Crippen molar-refractivity contribution in [3.05, 3.63) is 9.89 Å². The average molecular weight is 195 g/mol. The molecule has 1 nitrogen and oxygen atoms in total. The van der Waals surface area contributed by atoms with E-state index in [1.165, 1.54) is 0 Å². The monoisotopic (exact) mass is 194 g/mol. The molecule has 0 aliphatic carbocycles. The smallest absolute Gasteiger partial charge is 0.0859 e. The fraction of sp³-hybridized carbons (Fsp3) is 0.600. The zero-order chi connectivity index (χ0) is 6.15. The van der Waals surface area contributed by atoms with Gasteiger partial charge in [-0.15, -0.1) is 11.8 Å². The number of rotatable bonds is 0. The average Bonchev–Trinajstić information content (AvgIpc) is 1.85. The van der Waals surface area contributed by atoms with E-state index in [9.17, 15) is 0 Å². The molecule has 0 aromatic rings. The Bertz CT molecular complexity index is 124. The van der Waals surface area contributed by atoms with Gasteiger partial charge in [0, 0.05) is 9.06 Å². The Labute approximate surface area is 61.3 Å². The first-order valence-corrected chi connectivity index (χ1v) is 4.09. The first-order chi connectivity index (χ1) is 3.70. The van der Waals surface area contributed by atoms with Crippen LogP contribution in [0.3, 0.4) is 0 Å². The molecule has 8 heavy (non-hydrogen) atoms. The molecule has 1 rings (SSSR count). The fourth-order valence-electron chi connectivity index (χ4n) is 0.556. The van der Waals surface area contributed by atoms with Crippen molar-refractivity contribution in [3.63, 3.8) is 0 Å². The number of aliphatic hydroxyl groups is 1. The fourth-order valence-corrected chi connectivity index (χ4v) is 2.50. The number of halogens is 1. The van der Waals surface area contributed by atoms with Crippen LogP contribution in [0.15, 0.2) is 9.89 Å². The number of hydrogen-bond donors (Lipinski definition) is 1. The maximum Gasteiger partial charge on any atom is 0.0859 e. The lowest BCUT2D eigenvalue weighted by Crippen LogP contribution is -2.11. The minimum Gasteiger partial charge on any atom is -0.388 e. The Morgan fingerprint density at radius 2 is 2.50 bits per heavy atom. The number of hydrogen-bond acceptors (Lipinski definition) is 2. The van der Waals surface area contributed by atoms with Crippen molar-refractivity contribution in [2.75, 3.05) is 0 Å². The van der Waals surface area contributed by atoms with E-state index >= 15 is 0 Å². The molecule has 1 heterocycles. The van der Waals surface area contributed by atoms with Gasteiger partial charge in [0.05, 0.1) is 6.10 Å². The molecule has 2 atom stereocenters. The van der Waals surface area contributed by atoms with Crippen LogP contribution in [-0.4, -0.2) is 16.5 Å². The van der Waals surface area contributed by atoms with Crippen molar-refractivity contribution in [1.82, 2.24) is 0 Å². The summed E-state index contributed by atoms with van der Waals surface area (Å²) in [6.07, 6.45) is 1.56. The van der Waals surface area contributed by atoms with Crippen molar-refractivity contribution < 1.29 is 5.11 Å². The summed E-state index contributed by atoms with van der Waals surface area (Å²) >= 11 is 4.94. The van der Waals surface area contributed by atoms with E-state index in [1.807, 2.05) is 13.0 Å². The first kappa shape index (κ1) is 6.65. The van der Waals surface area contributed by atoms with Crippen molar-refractivity contribution in [2.45, 2.75) is 18.3 Å². The summed E-state index contributed by atoms with van der Waals surface area (Å²) in [5.41, 5.74) is 0. The van der Waals surface area contributed by atoms with Gasteiger partial charge in [0.15, 0.2) is 0 Å². The predicted octanol–water partition coefficient (Wildman–Crippen LogP) is 1.72. The molecule has 0 amide bonds. The lowest BCUT2D eigenvalue weighted by atomic mass is 10.3. The summed E-state index contributed by atoms with van der Waals surface area (Å²) in [5, 5.41) is 9.36. The van der Waals surface area contributed by atoms with Crippen LogP contribution in [0.1, 0.15) is 6.92 Å². The highest BCUT2D eigenvalue weighted by atomic mass is 79.9. The molecule has 0 fully saturated rings. The van der Waals surface area contributed by atoms with Gasteiger partial charge in [-0.25, -0.2) is 0 Å². The van der Waals surface area contributed by atoms with Gasteiger partial charge >= 0.3 is 0 Å². The molecular weight excluding hydrogens is 188 g/mol. The highest BCUT2D eigenvalue weighted by Gasteiger charge is 2.20. The van der Waals surface area contributed by atoms with Gasteiger partial charge in [0.2, 0.25) is 0 Å². The summed E-state index contributed by atoms with van der Waals surface area (Å²) in [4.78, 5) is 0. The van der Waals surface area contributed by atoms with Crippen molar-refractivity contribution in [3.8, 4) is 0 Å². The molecule has 0 aromatic heterocycles. The molecule has 46 valence electrons. The summed E-state index contributed by atoms with van der Waals surface area (Å²) in [5.74, 6) is 0. The van der Waals surface area contributed by atoms with Crippen LogP contribution in [0.4, 0.5) is 0 Å². The minimum absolute atomic E-state index is 0.255. The van der Waals surface area contributed by atoms with E-state index in [-0.39, 0.29) is 6.10 Å². The topological polar surface area (TPSA) is 20.2 Å². The maximum atomic E-state index is 9.04. The van der Waals surface area contributed by atoms with Crippen LogP contribution in [0.5, 0.6) is 0 Å². The minimum atomic E-state index is -0.255. The molecule has 0 aromatic carbocycles. The molecule has 3 heteroatoms. The Hall–Kier alpha value is 0.530. The summed E-state index contributed by atoms with van der Waals surface area (Å²) in [7, 11) is 0. The molecule has 0 bridgehead atoms. The normalized spacial score (nSPS) is 37.6. The van der Waals surface area contributed by atoms with E-state index in [2.05, 4.69) is 15.9 Å². The number of aliphatic hydroxyl groups excluding tert-OH is 1. The quantitative estimate of drug-likeness (QED) is 0.635. The van der Waals surface area contributed by atoms with E-state index in [0.29, 0.717) is 5.25 Å². The van der Waals surface area contributed by atoms with Gasteiger partial charge < -0.3 is 5.11 Å². The van der Waals surface area contributed by atoms with Crippen LogP contribution in [0, 0.1) is 0 Å². The van der Waals surface area contributed by atoms with E-state index in [0.717, 1.165) is 3.81 Å². The second-order valence-corrected chi connectivity index (χ2v) is 4.58. The Morgan fingerprint density at radius 1 is 1.88 bits per heavy atom. The predicted molar refractivity (Wildman–Crippen MR) is 40.1 cm³/mol. The van der Waals surface area contributed by atoms with Crippen LogP contribution in [-0.2, 0) is 0 Å². The van der Waals surface area contributed by atoms with E-state index in [4.69, 9.17) is 5.11 Å². The molecule has 2 unspecified atom stereocenters. The summed E-state index contributed by atoms with van der Waals surface area (Å²) in [6.45, 7) is 2.00. The van der Waals surface area contributed by atoms with Crippen molar-refractivity contribution in [1.29, 1.82) is 0 Å². The highest BCUT2D eigenvalue weighted by Crippen LogP contribution is 2.35. The molecule has 0 saturated heterocycles. The standard InChI is InChI=1S/C5H7BrOS/c1-3-4(7)2-5(6)8-3/h2-4,7H,1H3. The summed E-state index contributed by atoms with van der Waals surface area (Å²) < 4.78 is 1.05. The van der Waals surface area contributed by atoms with Gasteiger partial charge in [-0.3, -0.25) is 0 Å². The largest absolute Gasteiger partial charge is 0.388 e. The van der Waals surface area contributed by atoms with Crippen LogP contribution < -0.4 is 0 Å². The molecule has 1 N–H and O–H groups in total. The second-order valence-electron chi connectivity index (χ2n) is 1.78. The zero-order valence-corrected chi connectivity index (χ0v) is 6.87. The lowest BCUT2D eigenvalue weighted by Gasteiger charge is -2.03. The lowest BCUT2D eigenvalue weighted by molar-refractivity contribution is 0.227. The van der Waals surface area contributed by atoms with E-state index in [1.54, 1.807) is 11.8 Å². The number of thioether (sulfide) groups is 1. The second kappa shape index (κ2) is 2.42. The molecular formula is C5H7BrOS. The summed E-state index contributed by atoms with van der Waals surface area (Å²) in [6, 6.07) is 0. The SMILES string of the molecule is CC1SC(Br)=CC1O. The third-order valence-corrected chi connectivity index (χ3v) is 2.92. The van der Waals surface area contributed by atoms with Crippen LogP contribution >= 0.6 is 27.7 Å². The van der Waals surface area contributed by atoms with Gasteiger partial charge in [-0.2, -0.15) is 0 Å². The highest BCUT2D eigenvalue weighted by molar-refractivity contribution is 9.14. The van der Waals surface area contributed by atoms with Crippen molar-refractivity contribution >= 4 is 27.7 Å². The third-order valence-electron chi connectivity index (χ3n) is 1.08. The Morgan fingerprint density at radius 3 is 2.62 bits per heavy atom. The first-order valence-electron chi connectivity index (χ1n) is 2.42. The molecule has 1 aliphatic heterocycles. The Kier molecular flexibility index (Phi) is 2.01.